The molecule has 0 bridgehead atoms. The van der Waals surface area contributed by atoms with Gasteiger partial charge in [-0.1, -0.05) is 0 Å². The molecule has 4 nitrogen and oxygen atoms in total. The molecule has 1 fully saturated rings. The Labute approximate surface area is 72.1 Å². The van der Waals surface area contributed by atoms with Crippen molar-refractivity contribution in [2.24, 2.45) is 0 Å². The summed E-state index contributed by atoms with van der Waals surface area (Å²) in [6.45, 7) is 1.18. The van der Waals surface area contributed by atoms with Gasteiger partial charge in [0.05, 0.1) is 13.2 Å². The van der Waals surface area contributed by atoms with E-state index in [-0.39, 0.29) is 13.2 Å². The summed E-state index contributed by atoms with van der Waals surface area (Å²) >= 11 is 0. The molecular formula is C8H14O4. The third kappa shape index (κ3) is 4.01. The van der Waals surface area contributed by atoms with Crippen LogP contribution in [0.2, 0.25) is 0 Å². The Morgan fingerprint density at radius 2 is 1.25 bits per heavy atom. The number of rotatable bonds is 0. The van der Waals surface area contributed by atoms with Gasteiger partial charge < -0.3 is 9.47 Å². The summed E-state index contributed by atoms with van der Waals surface area (Å²) in [4.78, 5) is 0. The molecule has 0 aromatic rings. The summed E-state index contributed by atoms with van der Waals surface area (Å²) in [5, 5.41) is 22.0. The summed E-state index contributed by atoms with van der Waals surface area (Å²) in [5.41, 5.74) is 0. The van der Waals surface area contributed by atoms with E-state index in [1.54, 1.807) is 0 Å². The van der Waals surface area contributed by atoms with Gasteiger partial charge in [-0.05, 0) is 0 Å². The van der Waals surface area contributed by atoms with Crippen LogP contribution < -0.4 is 0 Å². The molecule has 1 aliphatic heterocycles. The van der Waals surface area contributed by atoms with Crippen molar-refractivity contribution in [3.05, 3.63) is 0 Å². The van der Waals surface area contributed by atoms with Crippen molar-refractivity contribution in [2.45, 2.75) is 25.0 Å². The fourth-order valence-corrected chi connectivity index (χ4v) is 1.03. The van der Waals surface area contributed by atoms with Crippen LogP contribution in [0.1, 0.15) is 12.8 Å². The fourth-order valence-electron chi connectivity index (χ4n) is 1.03. The van der Waals surface area contributed by atoms with E-state index >= 15 is 0 Å². The maximum absolute atomic E-state index is 11.0. The normalized spacial score (nSPS) is 34.5. The maximum atomic E-state index is 11.0. The van der Waals surface area contributed by atoms with E-state index < -0.39 is 12.2 Å². The van der Waals surface area contributed by atoms with Crippen LogP contribution in [0.15, 0.2) is 0 Å². The average Bonchev–Trinajstić information content (AvgIpc) is 2.06. The van der Waals surface area contributed by atoms with Crippen molar-refractivity contribution in [3.63, 3.8) is 0 Å². The van der Waals surface area contributed by atoms with Crippen LogP contribution in [-0.2, 0) is 19.7 Å². The predicted octanol–water partition coefficient (Wildman–Crippen LogP) is 0.412. The molecule has 1 aliphatic rings. The monoisotopic (exact) mass is 174 g/mol. The van der Waals surface area contributed by atoms with Gasteiger partial charge in [0.15, 0.2) is 0 Å². The molecule has 0 saturated carbocycles. The molecule has 0 spiro atoms. The second-order valence-electron chi connectivity index (χ2n) is 2.97. The smallest absolute Gasteiger partial charge is 0.118 e. The number of hydrogen-bond donors (Lipinski definition) is 0. The first-order valence-corrected chi connectivity index (χ1v) is 4.26. The summed E-state index contributed by atoms with van der Waals surface area (Å²) in [6.07, 6.45) is -0.527. The third-order valence-electron chi connectivity index (χ3n) is 1.78. The van der Waals surface area contributed by atoms with Crippen molar-refractivity contribution in [2.75, 3.05) is 26.4 Å². The number of hydrogen-bond acceptors (Lipinski definition) is 2. The molecule has 0 aromatic carbocycles. The lowest BCUT2D eigenvalue weighted by Crippen LogP contribution is -2.23. The SMILES string of the molecule is [O]C1CCOCC([O])CCOC1. The standard InChI is InChI=1S/C8H14O4/c9-7-1-3-11-6-8(10)2-4-12-5-7/h7-8H,1-6H2. The first-order chi connectivity index (χ1) is 5.79. The zero-order chi connectivity index (χ0) is 8.81. The van der Waals surface area contributed by atoms with Crippen molar-refractivity contribution in [3.8, 4) is 0 Å². The number of ether oxygens (including phenoxy) is 2. The van der Waals surface area contributed by atoms with E-state index in [0.717, 1.165) is 0 Å². The minimum Gasteiger partial charge on any atom is -0.379 e. The molecule has 0 N–H and O–H groups in total. The van der Waals surface area contributed by atoms with Crippen molar-refractivity contribution < 1.29 is 19.7 Å². The van der Waals surface area contributed by atoms with Crippen molar-refractivity contribution in [1.82, 2.24) is 0 Å². The molecule has 2 atom stereocenters. The van der Waals surface area contributed by atoms with Gasteiger partial charge in [0, 0.05) is 26.1 Å². The Hall–Kier alpha value is -0.160. The largest absolute Gasteiger partial charge is 0.379 e. The first-order valence-electron chi connectivity index (χ1n) is 4.26. The molecule has 1 saturated heterocycles. The average molecular weight is 174 g/mol. The van der Waals surface area contributed by atoms with Gasteiger partial charge in [0.25, 0.3) is 0 Å². The van der Waals surface area contributed by atoms with Gasteiger partial charge in [-0.25, -0.2) is 10.2 Å². The topological polar surface area (TPSA) is 58.3 Å². The highest BCUT2D eigenvalue weighted by Crippen LogP contribution is 2.02. The third-order valence-corrected chi connectivity index (χ3v) is 1.78. The molecule has 1 heterocycles. The second-order valence-corrected chi connectivity index (χ2v) is 2.97. The molecule has 12 heavy (non-hydrogen) atoms. The van der Waals surface area contributed by atoms with E-state index in [1.807, 2.05) is 0 Å². The first kappa shape index (κ1) is 9.92. The highest BCUT2D eigenvalue weighted by atomic mass is 16.5. The van der Waals surface area contributed by atoms with Crippen LogP contribution in [0.25, 0.3) is 0 Å². The van der Waals surface area contributed by atoms with Gasteiger partial charge in [0.2, 0.25) is 0 Å². The van der Waals surface area contributed by atoms with E-state index in [0.29, 0.717) is 26.1 Å². The van der Waals surface area contributed by atoms with Crippen LogP contribution in [-0.4, -0.2) is 38.6 Å². The minimum absolute atomic E-state index is 0.204. The minimum atomic E-state index is -0.701. The zero-order valence-corrected chi connectivity index (χ0v) is 7.03. The summed E-state index contributed by atoms with van der Waals surface area (Å²) in [7, 11) is 0. The molecule has 0 amide bonds. The lowest BCUT2D eigenvalue weighted by atomic mass is 10.2. The molecule has 0 aliphatic carbocycles. The van der Waals surface area contributed by atoms with Crippen molar-refractivity contribution in [1.29, 1.82) is 0 Å². The highest BCUT2D eigenvalue weighted by molar-refractivity contribution is 4.58. The van der Waals surface area contributed by atoms with Crippen LogP contribution in [0, 0.1) is 0 Å². The lowest BCUT2D eigenvalue weighted by Gasteiger charge is -2.14. The Balaban J connectivity index is 2.20. The predicted molar refractivity (Wildman–Crippen MR) is 39.8 cm³/mol. The van der Waals surface area contributed by atoms with Crippen molar-refractivity contribution >= 4 is 0 Å². The zero-order valence-electron chi connectivity index (χ0n) is 7.03. The Morgan fingerprint density at radius 1 is 0.833 bits per heavy atom. The summed E-state index contributed by atoms with van der Waals surface area (Å²) in [6, 6.07) is 0. The van der Waals surface area contributed by atoms with Gasteiger partial charge in [0.1, 0.15) is 12.2 Å². The van der Waals surface area contributed by atoms with Gasteiger partial charge in [-0.15, -0.1) is 0 Å². The van der Waals surface area contributed by atoms with E-state index in [2.05, 4.69) is 0 Å². The van der Waals surface area contributed by atoms with Crippen LogP contribution in [0.3, 0.4) is 0 Å². The van der Waals surface area contributed by atoms with Crippen LogP contribution >= 0.6 is 0 Å². The van der Waals surface area contributed by atoms with Gasteiger partial charge in [-0.3, -0.25) is 0 Å². The van der Waals surface area contributed by atoms with Crippen LogP contribution in [0.4, 0.5) is 0 Å². The van der Waals surface area contributed by atoms with E-state index in [4.69, 9.17) is 9.47 Å². The molecule has 70 valence electrons. The van der Waals surface area contributed by atoms with E-state index in [9.17, 15) is 10.2 Å². The summed E-state index contributed by atoms with van der Waals surface area (Å²) < 4.78 is 10.0. The molecule has 1 rings (SSSR count). The molecule has 0 aromatic heterocycles. The fraction of sp³-hybridized carbons (Fsp3) is 1.00. The molecule has 4 heteroatoms. The van der Waals surface area contributed by atoms with Gasteiger partial charge >= 0.3 is 0 Å². The molecular weight excluding hydrogens is 160 g/mol. The Morgan fingerprint density at radius 3 is 1.67 bits per heavy atom. The highest BCUT2D eigenvalue weighted by Gasteiger charge is 2.12. The molecule has 2 unspecified atom stereocenters. The Kier molecular flexibility index (Phi) is 4.53. The van der Waals surface area contributed by atoms with E-state index in [1.165, 1.54) is 0 Å². The maximum Gasteiger partial charge on any atom is 0.118 e. The molecule has 2 radical (unpaired) electrons. The summed E-state index contributed by atoms with van der Waals surface area (Å²) in [5.74, 6) is 0. The lowest BCUT2D eigenvalue weighted by molar-refractivity contribution is -0.0698. The quantitative estimate of drug-likeness (QED) is 0.534. The second kappa shape index (κ2) is 5.48. The van der Waals surface area contributed by atoms with Crippen LogP contribution in [0.5, 0.6) is 0 Å². The Bertz CT molecular complexity index is 91.6. The van der Waals surface area contributed by atoms with Gasteiger partial charge in [-0.2, -0.15) is 0 Å².